The molecule has 0 N–H and O–H groups in total. The average Bonchev–Trinajstić information content (AvgIpc) is 3.18. The van der Waals surface area contributed by atoms with Crippen LogP contribution in [0.25, 0.3) is 22.4 Å². The van der Waals surface area contributed by atoms with Gasteiger partial charge in [-0.05, 0) is 30.3 Å². The highest BCUT2D eigenvalue weighted by Crippen LogP contribution is 2.40. The lowest BCUT2D eigenvalue weighted by molar-refractivity contribution is -0.681. The standard InChI is InChI=1S/C25H26N3O5.BrH/c1-27-20-10-11-28(15-21(29)16-6-8-17(30-2)9-7-16)14-19(20)26-25(27)18-12-23(32-4)24(33-5)13-22(18)31-3;/h6-14H,15H2,1-5H3;1H/q+1;/p-1. The molecule has 0 saturated carbocycles. The predicted molar refractivity (Wildman–Crippen MR) is 123 cm³/mol. The number of Topliss-reactive ketones (excluding diaryl/α,β-unsaturated/α-hetero) is 1. The van der Waals surface area contributed by atoms with E-state index in [0.29, 0.717) is 34.4 Å². The van der Waals surface area contributed by atoms with E-state index in [1.54, 1.807) is 58.8 Å². The zero-order chi connectivity index (χ0) is 23.5. The third kappa shape index (κ3) is 4.70. The minimum Gasteiger partial charge on any atom is -1.00 e. The van der Waals surface area contributed by atoms with Gasteiger partial charge >= 0.3 is 0 Å². The molecule has 0 fully saturated rings. The van der Waals surface area contributed by atoms with Gasteiger partial charge in [-0.3, -0.25) is 4.79 Å². The van der Waals surface area contributed by atoms with E-state index in [2.05, 4.69) is 0 Å². The molecule has 2 heterocycles. The maximum Gasteiger partial charge on any atom is 0.227 e. The fourth-order valence-corrected chi connectivity index (χ4v) is 3.77. The highest BCUT2D eigenvalue weighted by atomic mass is 79.9. The molecule has 4 aromatic rings. The topological polar surface area (TPSA) is 75.7 Å². The van der Waals surface area contributed by atoms with E-state index in [1.807, 2.05) is 40.7 Å². The molecule has 0 bridgehead atoms. The fourth-order valence-electron chi connectivity index (χ4n) is 3.77. The summed E-state index contributed by atoms with van der Waals surface area (Å²) < 4.78 is 25.4. The van der Waals surface area contributed by atoms with Crippen molar-refractivity contribution in [2.75, 3.05) is 28.4 Å². The SMILES string of the molecule is COc1ccc(C(=O)C[n+]2ccc3c(c2)nc(-c2cc(OC)c(OC)cc2OC)n3C)cc1.[Br-]. The van der Waals surface area contributed by atoms with Gasteiger partial charge < -0.3 is 40.5 Å². The second kappa shape index (κ2) is 10.6. The Balaban J connectivity index is 0.00000324. The van der Waals surface area contributed by atoms with Crippen LogP contribution in [0.4, 0.5) is 0 Å². The lowest BCUT2D eigenvalue weighted by atomic mass is 10.1. The lowest BCUT2D eigenvalue weighted by Gasteiger charge is -2.14. The van der Waals surface area contributed by atoms with Gasteiger partial charge in [-0.2, -0.15) is 4.57 Å². The smallest absolute Gasteiger partial charge is 0.227 e. The van der Waals surface area contributed by atoms with Crippen LogP contribution in [0.1, 0.15) is 10.4 Å². The van der Waals surface area contributed by atoms with Crippen molar-refractivity contribution in [1.29, 1.82) is 0 Å². The average molecular weight is 528 g/mol. The molecule has 0 spiro atoms. The third-order valence-electron chi connectivity index (χ3n) is 5.56. The highest BCUT2D eigenvalue weighted by Gasteiger charge is 2.20. The second-order valence-corrected chi connectivity index (χ2v) is 7.44. The van der Waals surface area contributed by atoms with Gasteiger partial charge in [-0.25, -0.2) is 4.98 Å². The summed E-state index contributed by atoms with van der Waals surface area (Å²) in [4.78, 5) is 17.6. The van der Waals surface area contributed by atoms with Crippen LogP contribution < -0.4 is 40.5 Å². The number of imidazole rings is 1. The van der Waals surface area contributed by atoms with E-state index < -0.39 is 0 Å². The Hall–Kier alpha value is -3.59. The van der Waals surface area contributed by atoms with Gasteiger partial charge in [0.15, 0.2) is 29.4 Å². The number of halogens is 1. The zero-order valence-electron chi connectivity index (χ0n) is 19.7. The van der Waals surface area contributed by atoms with Crippen molar-refractivity contribution in [2.45, 2.75) is 6.54 Å². The minimum atomic E-state index is -0.000261. The van der Waals surface area contributed by atoms with Crippen LogP contribution in [0.2, 0.25) is 0 Å². The quantitative estimate of drug-likeness (QED) is 0.244. The van der Waals surface area contributed by atoms with E-state index in [9.17, 15) is 4.79 Å². The van der Waals surface area contributed by atoms with Gasteiger partial charge in [0.2, 0.25) is 12.3 Å². The summed E-state index contributed by atoms with van der Waals surface area (Å²) in [6, 6.07) is 12.7. The molecule has 8 nitrogen and oxygen atoms in total. The number of benzene rings is 2. The lowest BCUT2D eigenvalue weighted by Crippen LogP contribution is -3.00. The molecule has 4 rings (SSSR count). The van der Waals surface area contributed by atoms with E-state index >= 15 is 0 Å². The molecule has 0 aliphatic rings. The van der Waals surface area contributed by atoms with Gasteiger partial charge in [0.1, 0.15) is 17.3 Å². The second-order valence-electron chi connectivity index (χ2n) is 7.44. The van der Waals surface area contributed by atoms with Gasteiger partial charge in [0.05, 0.1) is 39.5 Å². The van der Waals surface area contributed by atoms with E-state index in [-0.39, 0.29) is 29.3 Å². The molecule has 2 aromatic carbocycles. The molecule has 0 saturated heterocycles. The van der Waals surface area contributed by atoms with Crippen LogP contribution in [-0.4, -0.2) is 43.8 Å². The number of pyridine rings is 1. The van der Waals surface area contributed by atoms with Crippen LogP contribution in [0.5, 0.6) is 23.0 Å². The number of rotatable bonds is 8. The van der Waals surface area contributed by atoms with Crippen LogP contribution >= 0.6 is 0 Å². The third-order valence-corrected chi connectivity index (χ3v) is 5.56. The summed E-state index contributed by atoms with van der Waals surface area (Å²) in [6.45, 7) is 0.202. The molecule has 0 aliphatic heterocycles. The Morgan fingerprint density at radius 2 is 1.56 bits per heavy atom. The first-order chi connectivity index (χ1) is 16.0. The fraction of sp³-hybridized carbons (Fsp3) is 0.240. The Bertz CT molecular complexity index is 1320. The number of aryl methyl sites for hydroxylation is 1. The Morgan fingerprint density at radius 3 is 2.18 bits per heavy atom. The molecular formula is C25H26BrN3O5. The number of nitrogens with zero attached hydrogens (tertiary/aromatic N) is 3. The molecule has 2 aromatic heterocycles. The number of hydrogen-bond acceptors (Lipinski definition) is 6. The first kappa shape index (κ1) is 25.0. The first-order valence-corrected chi connectivity index (χ1v) is 10.3. The van der Waals surface area contributed by atoms with Gasteiger partial charge in [-0.1, -0.05) is 0 Å². The van der Waals surface area contributed by atoms with E-state index in [1.165, 1.54) is 0 Å². The maximum atomic E-state index is 12.7. The number of carbonyl (C=O) groups is 1. The summed E-state index contributed by atoms with van der Waals surface area (Å²) in [5, 5.41) is 0. The molecule has 34 heavy (non-hydrogen) atoms. The molecule has 0 radical (unpaired) electrons. The number of ketones is 1. The van der Waals surface area contributed by atoms with E-state index in [0.717, 1.165) is 16.6 Å². The molecule has 0 unspecified atom stereocenters. The zero-order valence-corrected chi connectivity index (χ0v) is 21.3. The molecule has 0 amide bonds. The van der Waals surface area contributed by atoms with Crippen molar-refractivity contribution >= 4 is 16.8 Å². The van der Waals surface area contributed by atoms with Gasteiger partial charge in [-0.15, -0.1) is 0 Å². The normalized spacial score (nSPS) is 10.5. The van der Waals surface area contributed by atoms with Crippen molar-refractivity contribution < 1.29 is 45.3 Å². The van der Waals surface area contributed by atoms with Gasteiger partial charge in [0, 0.05) is 24.7 Å². The molecule has 0 aliphatic carbocycles. The monoisotopic (exact) mass is 527 g/mol. The number of fused-ring (bicyclic) bond motifs is 1. The number of aromatic nitrogens is 3. The number of carbonyl (C=O) groups excluding carboxylic acids is 1. The van der Waals surface area contributed by atoms with E-state index in [4.69, 9.17) is 23.9 Å². The molecule has 178 valence electrons. The van der Waals surface area contributed by atoms with Crippen molar-refractivity contribution in [2.24, 2.45) is 7.05 Å². The summed E-state index contributed by atoms with van der Waals surface area (Å²) in [7, 11) is 8.31. The summed E-state index contributed by atoms with van der Waals surface area (Å²) in [5.74, 6) is 3.20. The minimum absolute atomic E-state index is 0. The summed E-state index contributed by atoms with van der Waals surface area (Å²) in [5.41, 5.74) is 3.08. The van der Waals surface area contributed by atoms with Crippen molar-refractivity contribution in [1.82, 2.24) is 9.55 Å². The first-order valence-electron chi connectivity index (χ1n) is 10.3. The van der Waals surface area contributed by atoms with Crippen LogP contribution in [0.3, 0.4) is 0 Å². The molecule has 9 heteroatoms. The predicted octanol–water partition coefficient (Wildman–Crippen LogP) is 0.449. The maximum absolute atomic E-state index is 12.7. The van der Waals surface area contributed by atoms with Crippen LogP contribution in [0, 0.1) is 0 Å². The Morgan fingerprint density at radius 1 is 0.912 bits per heavy atom. The number of methoxy groups -OCH3 is 4. The van der Waals surface area contributed by atoms with Crippen molar-refractivity contribution in [3.8, 4) is 34.4 Å². The largest absolute Gasteiger partial charge is 1.00 e. The molecular weight excluding hydrogens is 502 g/mol. The van der Waals surface area contributed by atoms with Crippen LogP contribution in [-0.2, 0) is 13.6 Å². The Labute approximate surface area is 208 Å². The van der Waals surface area contributed by atoms with Gasteiger partial charge in [0.25, 0.3) is 0 Å². The summed E-state index contributed by atoms with van der Waals surface area (Å²) in [6.07, 6.45) is 3.74. The van der Waals surface area contributed by atoms with Crippen LogP contribution in [0.15, 0.2) is 54.9 Å². The Kier molecular flexibility index (Phi) is 7.78. The number of hydrogen-bond donors (Lipinski definition) is 0. The number of ether oxygens (including phenoxy) is 4. The highest BCUT2D eigenvalue weighted by molar-refractivity contribution is 5.95. The molecule has 0 atom stereocenters. The summed E-state index contributed by atoms with van der Waals surface area (Å²) >= 11 is 0. The van der Waals surface area contributed by atoms with Crippen molar-refractivity contribution in [3.63, 3.8) is 0 Å². The van der Waals surface area contributed by atoms with Crippen molar-refractivity contribution in [3.05, 3.63) is 60.4 Å².